The minimum absolute atomic E-state index is 0.141. The van der Waals surface area contributed by atoms with Crippen LogP contribution >= 0.6 is 0 Å². The van der Waals surface area contributed by atoms with Crippen LogP contribution in [0.25, 0.3) is 0 Å². The fraction of sp³-hybridized carbons (Fsp3) is 0.857. The van der Waals surface area contributed by atoms with Crippen molar-refractivity contribution in [2.24, 2.45) is 11.7 Å². The number of esters is 1. The van der Waals surface area contributed by atoms with Crippen LogP contribution in [0.4, 0.5) is 0 Å². The van der Waals surface area contributed by atoms with Crippen molar-refractivity contribution in [3.8, 4) is 0 Å². The highest BCUT2D eigenvalue weighted by Crippen LogP contribution is 2.15. The van der Waals surface area contributed by atoms with Gasteiger partial charge in [-0.05, 0) is 6.42 Å². The number of ether oxygens (including phenoxy) is 2. The average Bonchev–Trinajstić information content (AvgIpc) is 2.53. The molecule has 1 aliphatic heterocycles. The Kier molecular flexibility index (Phi) is 2.84. The van der Waals surface area contributed by atoms with Crippen LogP contribution < -0.4 is 5.73 Å². The van der Waals surface area contributed by atoms with E-state index in [4.69, 9.17) is 10.5 Å². The monoisotopic (exact) mass is 159 g/mol. The first kappa shape index (κ1) is 8.49. The Bertz CT molecular complexity index is 143. The summed E-state index contributed by atoms with van der Waals surface area (Å²) in [5.41, 5.74) is 5.58. The molecule has 2 atom stereocenters. The van der Waals surface area contributed by atoms with Gasteiger partial charge in [0.25, 0.3) is 0 Å². The maximum Gasteiger partial charge on any atom is 0.323 e. The van der Waals surface area contributed by atoms with Crippen molar-refractivity contribution in [2.45, 2.75) is 12.5 Å². The van der Waals surface area contributed by atoms with Crippen molar-refractivity contribution in [1.82, 2.24) is 0 Å². The number of rotatable bonds is 2. The van der Waals surface area contributed by atoms with E-state index in [9.17, 15) is 4.79 Å². The van der Waals surface area contributed by atoms with Crippen LogP contribution in [0.5, 0.6) is 0 Å². The minimum Gasteiger partial charge on any atom is -0.468 e. The molecule has 0 amide bonds. The average molecular weight is 159 g/mol. The van der Waals surface area contributed by atoms with Crippen LogP contribution in [0.15, 0.2) is 0 Å². The normalized spacial score (nSPS) is 26.5. The summed E-state index contributed by atoms with van der Waals surface area (Å²) in [4.78, 5) is 10.9. The molecule has 4 heteroatoms. The molecular weight excluding hydrogens is 146 g/mol. The lowest BCUT2D eigenvalue weighted by molar-refractivity contribution is -0.143. The fourth-order valence-electron chi connectivity index (χ4n) is 1.16. The van der Waals surface area contributed by atoms with Gasteiger partial charge in [-0.15, -0.1) is 0 Å². The molecule has 0 unspecified atom stereocenters. The summed E-state index contributed by atoms with van der Waals surface area (Å²) >= 11 is 0. The van der Waals surface area contributed by atoms with Gasteiger partial charge in [-0.3, -0.25) is 4.79 Å². The topological polar surface area (TPSA) is 61.5 Å². The maximum absolute atomic E-state index is 10.9. The molecule has 0 aromatic carbocycles. The summed E-state index contributed by atoms with van der Waals surface area (Å²) in [7, 11) is 1.35. The van der Waals surface area contributed by atoms with E-state index < -0.39 is 6.04 Å². The Labute approximate surface area is 65.7 Å². The molecule has 1 heterocycles. The highest BCUT2D eigenvalue weighted by Gasteiger charge is 2.28. The van der Waals surface area contributed by atoms with Gasteiger partial charge < -0.3 is 15.2 Å². The molecule has 0 aromatic heterocycles. The molecule has 0 bridgehead atoms. The molecule has 1 fully saturated rings. The van der Waals surface area contributed by atoms with Crippen LogP contribution in [0.2, 0.25) is 0 Å². The Morgan fingerprint density at radius 3 is 3.00 bits per heavy atom. The van der Waals surface area contributed by atoms with Gasteiger partial charge in [0, 0.05) is 12.5 Å². The second kappa shape index (κ2) is 3.69. The molecule has 2 N–H and O–H groups in total. The van der Waals surface area contributed by atoms with Crippen molar-refractivity contribution >= 4 is 5.97 Å². The third-order valence-corrected chi connectivity index (χ3v) is 1.95. The molecule has 0 spiro atoms. The molecule has 0 aromatic rings. The zero-order valence-electron chi connectivity index (χ0n) is 6.58. The SMILES string of the molecule is COC(=O)[C@H](N)[C@@H]1CCOC1. The van der Waals surface area contributed by atoms with Crippen molar-refractivity contribution in [3.05, 3.63) is 0 Å². The van der Waals surface area contributed by atoms with Crippen LogP contribution in [0.3, 0.4) is 0 Å². The van der Waals surface area contributed by atoms with Gasteiger partial charge in [0.15, 0.2) is 0 Å². The first-order chi connectivity index (χ1) is 5.25. The largest absolute Gasteiger partial charge is 0.468 e. The molecule has 11 heavy (non-hydrogen) atoms. The van der Waals surface area contributed by atoms with Crippen molar-refractivity contribution < 1.29 is 14.3 Å². The van der Waals surface area contributed by atoms with E-state index in [2.05, 4.69) is 4.74 Å². The molecule has 1 rings (SSSR count). The number of hydrogen-bond acceptors (Lipinski definition) is 4. The second-order valence-electron chi connectivity index (χ2n) is 2.67. The lowest BCUT2D eigenvalue weighted by Gasteiger charge is -2.13. The smallest absolute Gasteiger partial charge is 0.323 e. The van der Waals surface area contributed by atoms with E-state index in [1.165, 1.54) is 7.11 Å². The van der Waals surface area contributed by atoms with Crippen LogP contribution in [-0.2, 0) is 14.3 Å². The lowest BCUT2D eigenvalue weighted by Crippen LogP contribution is -2.39. The Balaban J connectivity index is 2.39. The number of carbonyl (C=O) groups is 1. The van der Waals surface area contributed by atoms with Gasteiger partial charge in [0.2, 0.25) is 0 Å². The first-order valence-electron chi connectivity index (χ1n) is 3.67. The summed E-state index contributed by atoms with van der Waals surface area (Å²) in [5, 5.41) is 0. The summed E-state index contributed by atoms with van der Waals surface area (Å²) in [6.45, 7) is 1.28. The highest BCUT2D eigenvalue weighted by molar-refractivity contribution is 5.75. The predicted octanol–water partition coefficient (Wildman–Crippen LogP) is -0.477. The second-order valence-corrected chi connectivity index (χ2v) is 2.67. The third kappa shape index (κ3) is 1.91. The molecular formula is C7H13NO3. The zero-order chi connectivity index (χ0) is 8.27. The van der Waals surface area contributed by atoms with Crippen LogP contribution in [0, 0.1) is 5.92 Å². The summed E-state index contributed by atoms with van der Waals surface area (Å²) < 4.78 is 9.59. The fourth-order valence-corrected chi connectivity index (χ4v) is 1.16. The Morgan fingerprint density at radius 2 is 2.55 bits per heavy atom. The van der Waals surface area contributed by atoms with Crippen molar-refractivity contribution in [2.75, 3.05) is 20.3 Å². The van der Waals surface area contributed by atoms with E-state index in [0.29, 0.717) is 13.2 Å². The molecule has 4 nitrogen and oxygen atoms in total. The van der Waals surface area contributed by atoms with E-state index in [1.54, 1.807) is 0 Å². The molecule has 64 valence electrons. The van der Waals surface area contributed by atoms with Gasteiger partial charge in [-0.25, -0.2) is 0 Å². The van der Waals surface area contributed by atoms with Gasteiger partial charge in [0.05, 0.1) is 13.7 Å². The number of hydrogen-bond donors (Lipinski definition) is 1. The van der Waals surface area contributed by atoms with Crippen molar-refractivity contribution in [3.63, 3.8) is 0 Å². The van der Waals surface area contributed by atoms with Gasteiger partial charge in [-0.2, -0.15) is 0 Å². The molecule has 0 radical (unpaired) electrons. The predicted molar refractivity (Wildman–Crippen MR) is 38.9 cm³/mol. The van der Waals surface area contributed by atoms with Crippen LogP contribution in [-0.4, -0.2) is 32.3 Å². The lowest BCUT2D eigenvalue weighted by atomic mass is 10.0. The zero-order valence-corrected chi connectivity index (χ0v) is 6.58. The highest BCUT2D eigenvalue weighted by atomic mass is 16.5. The number of nitrogens with two attached hydrogens (primary N) is 1. The van der Waals surface area contributed by atoms with Gasteiger partial charge in [-0.1, -0.05) is 0 Å². The van der Waals surface area contributed by atoms with E-state index in [1.807, 2.05) is 0 Å². The van der Waals surface area contributed by atoms with E-state index in [-0.39, 0.29) is 11.9 Å². The quantitative estimate of drug-likeness (QED) is 0.553. The van der Waals surface area contributed by atoms with Crippen molar-refractivity contribution in [1.29, 1.82) is 0 Å². The maximum atomic E-state index is 10.9. The summed E-state index contributed by atoms with van der Waals surface area (Å²) in [5.74, 6) is -0.206. The van der Waals surface area contributed by atoms with Gasteiger partial charge in [0.1, 0.15) is 6.04 Å². The Morgan fingerprint density at radius 1 is 1.82 bits per heavy atom. The Hall–Kier alpha value is -0.610. The third-order valence-electron chi connectivity index (χ3n) is 1.95. The van der Waals surface area contributed by atoms with Gasteiger partial charge >= 0.3 is 5.97 Å². The molecule has 0 saturated carbocycles. The first-order valence-corrected chi connectivity index (χ1v) is 3.67. The molecule has 1 aliphatic rings. The number of carbonyl (C=O) groups excluding carboxylic acids is 1. The standard InChI is InChI=1S/C7H13NO3/c1-10-7(9)6(8)5-2-3-11-4-5/h5-6H,2-4,8H2,1H3/t5-,6-/m1/s1. The van der Waals surface area contributed by atoms with E-state index in [0.717, 1.165) is 6.42 Å². The molecule has 0 aliphatic carbocycles. The summed E-state index contributed by atoms with van der Waals surface area (Å²) in [6.07, 6.45) is 0.857. The summed E-state index contributed by atoms with van der Waals surface area (Å²) in [6, 6.07) is -0.512. The molecule has 1 saturated heterocycles. The minimum atomic E-state index is -0.512. The van der Waals surface area contributed by atoms with E-state index >= 15 is 0 Å². The van der Waals surface area contributed by atoms with Crippen LogP contribution in [0.1, 0.15) is 6.42 Å². The number of methoxy groups -OCH3 is 1.